The van der Waals surface area contributed by atoms with E-state index in [9.17, 15) is 13.2 Å². The summed E-state index contributed by atoms with van der Waals surface area (Å²) >= 11 is 5.82. The molecule has 2 aromatic rings. The van der Waals surface area contributed by atoms with E-state index in [1.165, 1.54) is 23.5 Å². The van der Waals surface area contributed by atoms with Crippen molar-refractivity contribution in [2.24, 2.45) is 0 Å². The van der Waals surface area contributed by atoms with Gasteiger partial charge in [-0.3, -0.25) is 4.79 Å². The Morgan fingerprint density at radius 2 is 1.59 bits per heavy atom. The Bertz CT molecular complexity index is 866. The average molecular weight is 410 g/mol. The molecule has 0 heterocycles. The molecule has 0 saturated carbocycles. The molecule has 1 N–H and O–H groups in total. The molecule has 0 fully saturated rings. The maximum Gasteiger partial charge on any atom is 0.251 e. The van der Waals surface area contributed by atoms with Gasteiger partial charge in [0.05, 0.1) is 4.90 Å². The lowest BCUT2D eigenvalue weighted by molar-refractivity contribution is 0.0951. The van der Waals surface area contributed by atoms with E-state index >= 15 is 0 Å². The third-order valence-corrected chi connectivity index (χ3v) is 6.06. The summed E-state index contributed by atoms with van der Waals surface area (Å²) < 4.78 is 26.5. The SMILES string of the molecule is CN(C)CCNC(=O)c1ccc(CN(C)S(=O)(=O)c2ccc(Cl)cc2)cc1. The monoisotopic (exact) mass is 409 g/mol. The summed E-state index contributed by atoms with van der Waals surface area (Å²) in [5, 5.41) is 3.33. The third kappa shape index (κ3) is 6.04. The maximum atomic E-state index is 12.6. The van der Waals surface area contributed by atoms with Gasteiger partial charge in [-0.1, -0.05) is 23.7 Å². The lowest BCUT2D eigenvalue weighted by Crippen LogP contribution is -2.31. The van der Waals surface area contributed by atoms with Gasteiger partial charge in [-0.15, -0.1) is 0 Å². The van der Waals surface area contributed by atoms with E-state index in [4.69, 9.17) is 11.6 Å². The molecular formula is C19H24ClN3O3S. The van der Waals surface area contributed by atoms with Crippen LogP contribution in [0.5, 0.6) is 0 Å². The zero-order chi connectivity index (χ0) is 20.0. The lowest BCUT2D eigenvalue weighted by Gasteiger charge is -2.17. The standard InChI is InChI=1S/C19H24ClN3O3S/c1-22(2)13-12-21-19(24)16-6-4-15(5-7-16)14-23(3)27(25,26)18-10-8-17(20)9-11-18/h4-11H,12-14H2,1-3H3,(H,21,24). The summed E-state index contributed by atoms with van der Waals surface area (Å²) in [5.74, 6) is -0.148. The fourth-order valence-electron chi connectivity index (χ4n) is 2.39. The zero-order valence-corrected chi connectivity index (χ0v) is 17.2. The van der Waals surface area contributed by atoms with Gasteiger partial charge in [-0.2, -0.15) is 4.31 Å². The van der Waals surface area contributed by atoms with Crippen LogP contribution in [0.25, 0.3) is 0 Å². The summed E-state index contributed by atoms with van der Waals surface area (Å²) in [4.78, 5) is 14.3. The number of nitrogens with zero attached hydrogens (tertiary/aromatic N) is 2. The number of likely N-dealkylation sites (N-methyl/N-ethyl adjacent to an activating group) is 1. The van der Waals surface area contributed by atoms with Gasteiger partial charge >= 0.3 is 0 Å². The van der Waals surface area contributed by atoms with Crippen LogP contribution in [-0.2, 0) is 16.6 Å². The predicted octanol–water partition coefficient (Wildman–Crippen LogP) is 2.45. The van der Waals surface area contributed by atoms with Crippen LogP contribution in [0.2, 0.25) is 5.02 Å². The van der Waals surface area contributed by atoms with Gasteiger partial charge < -0.3 is 10.2 Å². The van der Waals surface area contributed by atoms with Gasteiger partial charge in [0.15, 0.2) is 0 Å². The molecule has 27 heavy (non-hydrogen) atoms. The second kappa shape index (κ2) is 9.32. The molecule has 0 spiro atoms. The molecule has 2 aromatic carbocycles. The van der Waals surface area contributed by atoms with Crippen molar-refractivity contribution in [2.75, 3.05) is 34.2 Å². The van der Waals surface area contributed by atoms with Crippen molar-refractivity contribution < 1.29 is 13.2 Å². The molecule has 0 bridgehead atoms. The van der Waals surface area contributed by atoms with Crippen LogP contribution in [0.3, 0.4) is 0 Å². The van der Waals surface area contributed by atoms with E-state index in [2.05, 4.69) is 5.32 Å². The number of rotatable bonds is 8. The highest BCUT2D eigenvalue weighted by molar-refractivity contribution is 7.89. The van der Waals surface area contributed by atoms with Crippen molar-refractivity contribution in [3.63, 3.8) is 0 Å². The van der Waals surface area contributed by atoms with Crippen LogP contribution < -0.4 is 5.32 Å². The first-order valence-electron chi connectivity index (χ1n) is 8.44. The van der Waals surface area contributed by atoms with E-state index < -0.39 is 10.0 Å². The minimum Gasteiger partial charge on any atom is -0.351 e. The highest BCUT2D eigenvalue weighted by Gasteiger charge is 2.20. The average Bonchev–Trinajstić information content (AvgIpc) is 2.62. The van der Waals surface area contributed by atoms with Gasteiger partial charge in [0, 0.05) is 37.3 Å². The Balaban J connectivity index is 2.01. The van der Waals surface area contributed by atoms with Crippen LogP contribution in [0.15, 0.2) is 53.4 Å². The Morgan fingerprint density at radius 1 is 1.00 bits per heavy atom. The van der Waals surface area contributed by atoms with Crippen LogP contribution in [-0.4, -0.2) is 57.8 Å². The number of halogens is 1. The predicted molar refractivity (Wildman–Crippen MR) is 107 cm³/mol. The number of hydrogen-bond donors (Lipinski definition) is 1. The molecule has 0 aliphatic rings. The first-order valence-corrected chi connectivity index (χ1v) is 10.3. The second-order valence-electron chi connectivity index (χ2n) is 6.47. The van der Waals surface area contributed by atoms with E-state index in [1.54, 1.807) is 36.4 Å². The topological polar surface area (TPSA) is 69.7 Å². The first-order chi connectivity index (χ1) is 12.7. The number of nitrogens with one attached hydrogen (secondary N) is 1. The Kier molecular flexibility index (Phi) is 7.38. The number of sulfonamides is 1. The van der Waals surface area contributed by atoms with Crippen LogP contribution in [0.4, 0.5) is 0 Å². The molecule has 2 rings (SSSR count). The van der Waals surface area contributed by atoms with E-state index in [1.807, 2.05) is 19.0 Å². The summed E-state index contributed by atoms with van der Waals surface area (Å²) in [5.41, 5.74) is 1.33. The number of carbonyl (C=O) groups excluding carboxylic acids is 1. The summed E-state index contributed by atoms with van der Waals surface area (Å²) in [6.45, 7) is 1.53. The van der Waals surface area contributed by atoms with Gasteiger partial charge in [-0.25, -0.2) is 8.42 Å². The molecule has 0 saturated heterocycles. The lowest BCUT2D eigenvalue weighted by atomic mass is 10.1. The third-order valence-electron chi connectivity index (χ3n) is 3.99. The fourth-order valence-corrected chi connectivity index (χ4v) is 3.67. The first kappa shape index (κ1) is 21.4. The van der Waals surface area contributed by atoms with Gasteiger partial charge in [-0.05, 0) is 56.1 Å². The largest absolute Gasteiger partial charge is 0.351 e. The molecule has 0 radical (unpaired) electrons. The number of carbonyl (C=O) groups is 1. The molecule has 0 unspecified atom stereocenters. The maximum absolute atomic E-state index is 12.6. The van der Waals surface area contributed by atoms with Gasteiger partial charge in [0.1, 0.15) is 0 Å². The second-order valence-corrected chi connectivity index (χ2v) is 8.95. The van der Waals surface area contributed by atoms with Crippen LogP contribution >= 0.6 is 11.6 Å². The molecular weight excluding hydrogens is 386 g/mol. The molecule has 0 aromatic heterocycles. The quantitative estimate of drug-likeness (QED) is 0.727. The summed E-state index contributed by atoms with van der Waals surface area (Å²) in [7, 11) is 1.79. The van der Waals surface area contributed by atoms with Crippen molar-refractivity contribution in [3.05, 3.63) is 64.7 Å². The molecule has 0 aliphatic carbocycles. The van der Waals surface area contributed by atoms with E-state index in [-0.39, 0.29) is 17.3 Å². The van der Waals surface area contributed by atoms with Crippen molar-refractivity contribution in [1.82, 2.24) is 14.5 Å². The van der Waals surface area contributed by atoms with Crippen LogP contribution in [0, 0.1) is 0 Å². The Labute approximate surface area is 165 Å². The Hall–Kier alpha value is -1.93. The molecule has 8 heteroatoms. The number of amides is 1. The summed E-state index contributed by atoms with van der Waals surface area (Å²) in [6, 6.07) is 13.0. The molecule has 6 nitrogen and oxygen atoms in total. The minimum atomic E-state index is -3.61. The number of hydrogen-bond acceptors (Lipinski definition) is 4. The summed E-state index contributed by atoms with van der Waals surface area (Å²) in [6.07, 6.45) is 0. The smallest absolute Gasteiger partial charge is 0.251 e. The molecule has 146 valence electrons. The minimum absolute atomic E-state index is 0.148. The zero-order valence-electron chi connectivity index (χ0n) is 15.6. The molecule has 0 atom stereocenters. The molecule has 1 amide bonds. The highest BCUT2D eigenvalue weighted by atomic mass is 35.5. The fraction of sp³-hybridized carbons (Fsp3) is 0.316. The van der Waals surface area contributed by atoms with Crippen LogP contribution in [0.1, 0.15) is 15.9 Å². The van der Waals surface area contributed by atoms with E-state index in [0.29, 0.717) is 17.1 Å². The van der Waals surface area contributed by atoms with Crippen molar-refractivity contribution >= 4 is 27.5 Å². The van der Waals surface area contributed by atoms with Crippen molar-refractivity contribution in [2.45, 2.75) is 11.4 Å². The van der Waals surface area contributed by atoms with Crippen molar-refractivity contribution in [3.8, 4) is 0 Å². The number of benzene rings is 2. The van der Waals surface area contributed by atoms with Gasteiger partial charge in [0.25, 0.3) is 5.91 Å². The van der Waals surface area contributed by atoms with Crippen molar-refractivity contribution in [1.29, 1.82) is 0 Å². The Morgan fingerprint density at radius 3 is 2.15 bits per heavy atom. The highest BCUT2D eigenvalue weighted by Crippen LogP contribution is 2.19. The molecule has 0 aliphatic heterocycles. The van der Waals surface area contributed by atoms with Gasteiger partial charge in [0.2, 0.25) is 10.0 Å². The normalized spacial score (nSPS) is 11.8. The van der Waals surface area contributed by atoms with E-state index in [0.717, 1.165) is 12.1 Å².